The Morgan fingerprint density at radius 1 is 1.13 bits per heavy atom. The smallest absolute Gasteiger partial charge is 0.0466 e. The number of hydrogen-bond donors (Lipinski definition) is 0. The van der Waals surface area contributed by atoms with Crippen LogP contribution in [0.15, 0.2) is 36.5 Å². The summed E-state index contributed by atoms with van der Waals surface area (Å²) in [6, 6.07) is 10.6. The Morgan fingerprint density at radius 3 is 2.47 bits per heavy atom. The van der Waals surface area contributed by atoms with E-state index in [0.717, 1.165) is 6.42 Å². The third-order valence-corrected chi connectivity index (χ3v) is 3.21. The number of aromatic nitrogens is 1. The third-order valence-electron chi connectivity index (χ3n) is 3.21. The summed E-state index contributed by atoms with van der Waals surface area (Å²) in [5, 5.41) is 2.50. The van der Waals surface area contributed by atoms with Gasteiger partial charge < -0.3 is 0 Å². The summed E-state index contributed by atoms with van der Waals surface area (Å²) in [5.74, 6) is 0. The second-order valence-electron chi connectivity index (χ2n) is 4.65. The van der Waals surface area contributed by atoms with E-state index in [1.165, 1.54) is 16.5 Å². The van der Waals surface area contributed by atoms with Crippen molar-refractivity contribution in [3.63, 3.8) is 0 Å². The zero-order chi connectivity index (χ0) is 10.9. The Morgan fingerprint density at radius 2 is 1.80 bits per heavy atom. The minimum Gasteiger partial charge on any atom is -0.260 e. The molecule has 0 aliphatic rings. The highest BCUT2D eigenvalue weighted by Gasteiger charge is 2.19. The number of pyridine rings is 1. The van der Waals surface area contributed by atoms with Crippen LogP contribution in [0.4, 0.5) is 0 Å². The van der Waals surface area contributed by atoms with Gasteiger partial charge in [-0.2, -0.15) is 0 Å². The predicted octanol–water partition coefficient (Wildman–Crippen LogP) is 3.92. The summed E-state index contributed by atoms with van der Waals surface area (Å²) in [4.78, 5) is 4.55. The van der Waals surface area contributed by atoms with E-state index in [0.29, 0.717) is 0 Å². The van der Waals surface area contributed by atoms with E-state index < -0.39 is 0 Å². The molecular weight excluding hydrogens is 182 g/mol. The molecule has 1 heterocycles. The first-order chi connectivity index (χ1) is 7.13. The maximum atomic E-state index is 4.55. The topological polar surface area (TPSA) is 12.9 Å². The molecule has 0 aliphatic carbocycles. The predicted molar refractivity (Wildman–Crippen MR) is 65.1 cm³/mol. The van der Waals surface area contributed by atoms with Gasteiger partial charge in [-0.3, -0.25) is 4.98 Å². The third kappa shape index (κ3) is 1.87. The van der Waals surface area contributed by atoms with Crippen molar-refractivity contribution in [2.24, 2.45) is 0 Å². The molecule has 0 spiro atoms. The minimum atomic E-state index is 0.171. The summed E-state index contributed by atoms with van der Waals surface area (Å²) in [5.41, 5.74) is 1.35. The lowest BCUT2D eigenvalue weighted by Crippen LogP contribution is -2.17. The van der Waals surface area contributed by atoms with Crippen molar-refractivity contribution < 1.29 is 0 Å². The second-order valence-corrected chi connectivity index (χ2v) is 4.65. The highest BCUT2D eigenvalue weighted by molar-refractivity contribution is 5.81. The van der Waals surface area contributed by atoms with Gasteiger partial charge in [-0.25, -0.2) is 0 Å². The first kappa shape index (κ1) is 10.2. The molecule has 0 saturated carbocycles. The number of benzene rings is 1. The van der Waals surface area contributed by atoms with Crippen LogP contribution in [0.3, 0.4) is 0 Å². The van der Waals surface area contributed by atoms with Gasteiger partial charge in [0.2, 0.25) is 0 Å². The van der Waals surface area contributed by atoms with Crippen LogP contribution in [0.25, 0.3) is 10.8 Å². The average Bonchev–Trinajstić information content (AvgIpc) is 2.28. The van der Waals surface area contributed by atoms with Crippen LogP contribution in [-0.4, -0.2) is 4.98 Å². The van der Waals surface area contributed by atoms with Crippen LogP contribution < -0.4 is 0 Å². The Labute approximate surface area is 91.2 Å². The van der Waals surface area contributed by atoms with Gasteiger partial charge >= 0.3 is 0 Å². The van der Waals surface area contributed by atoms with E-state index in [9.17, 15) is 0 Å². The highest BCUT2D eigenvalue weighted by atomic mass is 14.7. The maximum absolute atomic E-state index is 4.55. The molecule has 1 aromatic heterocycles. The molecule has 2 aromatic rings. The molecule has 1 nitrogen and oxygen atoms in total. The van der Waals surface area contributed by atoms with Crippen LogP contribution >= 0.6 is 0 Å². The van der Waals surface area contributed by atoms with Crippen molar-refractivity contribution in [2.45, 2.75) is 32.6 Å². The molecule has 0 atom stereocenters. The van der Waals surface area contributed by atoms with Crippen molar-refractivity contribution in [3.05, 3.63) is 42.2 Å². The fourth-order valence-corrected chi connectivity index (χ4v) is 1.63. The fourth-order valence-electron chi connectivity index (χ4n) is 1.63. The van der Waals surface area contributed by atoms with Crippen molar-refractivity contribution in [3.8, 4) is 0 Å². The van der Waals surface area contributed by atoms with Gasteiger partial charge in [0, 0.05) is 22.7 Å². The Bertz CT molecular complexity index is 471. The molecule has 2 rings (SSSR count). The molecule has 0 unspecified atom stereocenters. The molecule has 0 amide bonds. The van der Waals surface area contributed by atoms with E-state index in [1.807, 2.05) is 6.20 Å². The maximum Gasteiger partial charge on any atom is 0.0466 e. The number of nitrogens with zero attached hydrogens (tertiary/aromatic N) is 1. The van der Waals surface area contributed by atoms with E-state index >= 15 is 0 Å². The van der Waals surface area contributed by atoms with Crippen LogP contribution in [0, 0.1) is 0 Å². The monoisotopic (exact) mass is 199 g/mol. The molecular formula is C14H17N. The van der Waals surface area contributed by atoms with E-state index in [4.69, 9.17) is 0 Å². The molecule has 1 heteroatoms. The molecule has 0 radical (unpaired) electrons. The van der Waals surface area contributed by atoms with E-state index in [2.05, 4.69) is 56.1 Å². The van der Waals surface area contributed by atoms with Crippen LogP contribution in [0.2, 0.25) is 0 Å². The molecule has 0 saturated heterocycles. The van der Waals surface area contributed by atoms with Gasteiger partial charge in [-0.15, -0.1) is 0 Å². The van der Waals surface area contributed by atoms with Crippen molar-refractivity contribution in [1.82, 2.24) is 4.98 Å². The zero-order valence-electron chi connectivity index (χ0n) is 9.62. The normalized spacial score (nSPS) is 11.9. The van der Waals surface area contributed by atoms with Gasteiger partial charge in [-0.05, 0) is 17.9 Å². The first-order valence-corrected chi connectivity index (χ1v) is 5.49. The lowest BCUT2D eigenvalue weighted by atomic mass is 9.85. The lowest BCUT2D eigenvalue weighted by molar-refractivity contribution is 0.491. The van der Waals surface area contributed by atoms with Crippen LogP contribution in [0.1, 0.15) is 32.9 Å². The summed E-state index contributed by atoms with van der Waals surface area (Å²) in [6.45, 7) is 6.69. The first-order valence-electron chi connectivity index (χ1n) is 5.49. The highest BCUT2D eigenvalue weighted by Crippen LogP contribution is 2.26. The van der Waals surface area contributed by atoms with Gasteiger partial charge in [0.25, 0.3) is 0 Å². The van der Waals surface area contributed by atoms with Crippen LogP contribution in [-0.2, 0) is 5.41 Å². The molecule has 0 bridgehead atoms. The Kier molecular flexibility index (Phi) is 2.47. The molecule has 1 aromatic carbocycles. The van der Waals surface area contributed by atoms with Crippen molar-refractivity contribution >= 4 is 10.8 Å². The van der Waals surface area contributed by atoms with Crippen molar-refractivity contribution in [1.29, 1.82) is 0 Å². The Balaban J connectivity index is 2.56. The molecule has 0 N–H and O–H groups in total. The molecule has 15 heavy (non-hydrogen) atoms. The Hall–Kier alpha value is -1.37. The molecule has 0 fully saturated rings. The zero-order valence-corrected chi connectivity index (χ0v) is 9.62. The second kappa shape index (κ2) is 3.65. The van der Waals surface area contributed by atoms with E-state index in [-0.39, 0.29) is 5.41 Å². The summed E-state index contributed by atoms with van der Waals surface area (Å²) in [7, 11) is 0. The van der Waals surface area contributed by atoms with Crippen molar-refractivity contribution in [2.75, 3.05) is 0 Å². The summed E-state index contributed by atoms with van der Waals surface area (Å²) >= 11 is 0. The fraction of sp³-hybridized carbons (Fsp3) is 0.357. The molecule has 78 valence electrons. The number of hydrogen-bond acceptors (Lipinski definition) is 1. The minimum absolute atomic E-state index is 0.171. The molecule has 0 aliphatic heterocycles. The van der Waals surface area contributed by atoms with E-state index in [1.54, 1.807) is 0 Å². The standard InChI is InChI=1S/C14H17N/c1-4-14(2,3)13-9-11-7-5-6-8-12(11)10-15-13/h5-10H,4H2,1-3H3. The SMILES string of the molecule is CCC(C)(C)c1cc2ccccc2cn1. The van der Waals surface area contributed by atoms with Crippen LogP contribution in [0.5, 0.6) is 0 Å². The summed E-state index contributed by atoms with van der Waals surface area (Å²) in [6.07, 6.45) is 3.08. The van der Waals surface area contributed by atoms with Gasteiger partial charge in [-0.1, -0.05) is 45.0 Å². The van der Waals surface area contributed by atoms with Gasteiger partial charge in [0.1, 0.15) is 0 Å². The van der Waals surface area contributed by atoms with Gasteiger partial charge in [0.05, 0.1) is 0 Å². The lowest BCUT2D eigenvalue weighted by Gasteiger charge is -2.22. The quantitative estimate of drug-likeness (QED) is 0.714. The average molecular weight is 199 g/mol. The number of fused-ring (bicyclic) bond motifs is 1. The summed E-state index contributed by atoms with van der Waals surface area (Å²) < 4.78 is 0. The largest absolute Gasteiger partial charge is 0.260 e. The number of rotatable bonds is 2. The van der Waals surface area contributed by atoms with Gasteiger partial charge in [0.15, 0.2) is 0 Å².